The molecule has 9 heteroatoms. The van der Waals surface area contributed by atoms with E-state index in [-0.39, 0.29) is 5.91 Å². The fourth-order valence-electron chi connectivity index (χ4n) is 3.63. The number of ether oxygens (including phenoxy) is 2. The minimum absolute atomic E-state index is 0.307. The van der Waals surface area contributed by atoms with Gasteiger partial charge in [0.15, 0.2) is 6.23 Å². The molecule has 2 unspecified atom stereocenters. The summed E-state index contributed by atoms with van der Waals surface area (Å²) in [6.45, 7) is 4.53. The first-order valence-electron chi connectivity index (χ1n) is 9.80. The molecule has 1 aromatic carbocycles. The van der Waals surface area contributed by atoms with Crippen LogP contribution >= 0.6 is 0 Å². The van der Waals surface area contributed by atoms with Gasteiger partial charge in [-0.25, -0.2) is 4.79 Å². The number of nitrogens with zero attached hydrogens (tertiary/aromatic N) is 1. The maximum absolute atomic E-state index is 12.6. The molecule has 0 spiro atoms. The van der Waals surface area contributed by atoms with Crippen molar-refractivity contribution in [1.82, 2.24) is 10.2 Å². The normalized spacial score (nSPS) is 21.5. The first kappa shape index (κ1) is 22.2. The molecule has 2 aliphatic heterocycles. The summed E-state index contributed by atoms with van der Waals surface area (Å²) >= 11 is 0. The van der Waals surface area contributed by atoms with Crippen LogP contribution in [0.3, 0.4) is 0 Å². The van der Waals surface area contributed by atoms with Gasteiger partial charge >= 0.3 is 11.9 Å². The van der Waals surface area contributed by atoms with E-state index in [1.807, 2.05) is 12.2 Å². The molecule has 1 aromatic rings. The number of cyclic esters (lactones) is 1. The van der Waals surface area contributed by atoms with Crippen LogP contribution in [-0.4, -0.2) is 52.8 Å². The molecule has 0 aliphatic carbocycles. The average Bonchev–Trinajstić information content (AvgIpc) is 2.99. The topological polar surface area (TPSA) is 122 Å². The Morgan fingerprint density at radius 3 is 2.52 bits per heavy atom. The molecule has 2 amide bonds. The number of hydrogen-bond donors (Lipinski definition) is 2. The number of aliphatic hydroxyl groups is 1. The van der Waals surface area contributed by atoms with Crippen LogP contribution < -0.4 is 5.32 Å². The number of hydrogen-bond acceptors (Lipinski definition) is 7. The highest BCUT2D eigenvalue weighted by Gasteiger charge is 2.34. The summed E-state index contributed by atoms with van der Waals surface area (Å²) in [5.41, 5.74) is 2.36. The van der Waals surface area contributed by atoms with Crippen LogP contribution in [0.25, 0.3) is 5.57 Å². The molecule has 0 saturated heterocycles. The Hall–Kier alpha value is -3.46. The molecule has 164 valence electrons. The van der Waals surface area contributed by atoms with E-state index in [1.165, 1.54) is 11.8 Å². The van der Waals surface area contributed by atoms with E-state index in [2.05, 4.69) is 10.1 Å². The van der Waals surface area contributed by atoms with E-state index < -0.39 is 36.4 Å². The molecule has 0 radical (unpaired) electrons. The van der Waals surface area contributed by atoms with E-state index in [4.69, 9.17) is 4.74 Å². The van der Waals surface area contributed by atoms with E-state index in [1.54, 1.807) is 31.2 Å². The summed E-state index contributed by atoms with van der Waals surface area (Å²) < 4.78 is 9.84. The molecular weight excluding hydrogens is 404 g/mol. The number of esters is 2. The number of amides is 2. The largest absolute Gasteiger partial charge is 0.434 e. The molecule has 2 aliphatic rings. The van der Waals surface area contributed by atoms with Gasteiger partial charge in [-0.3, -0.25) is 14.4 Å². The third kappa shape index (κ3) is 4.83. The number of nitrogens with one attached hydrogen (secondary N) is 1. The van der Waals surface area contributed by atoms with Gasteiger partial charge in [-0.05, 0) is 24.5 Å². The van der Waals surface area contributed by atoms with Crippen molar-refractivity contribution >= 4 is 29.3 Å². The predicted molar refractivity (Wildman–Crippen MR) is 109 cm³/mol. The van der Waals surface area contributed by atoms with Gasteiger partial charge in [0.05, 0.1) is 11.6 Å². The average molecular weight is 428 g/mol. The fourth-order valence-corrected chi connectivity index (χ4v) is 3.63. The zero-order chi connectivity index (χ0) is 22.7. The monoisotopic (exact) mass is 428 g/mol. The number of benzene rings is 1. The molecule has 2 N–H and O–H groups in total. The lowest BCUT2D eigenvalue weighted by atomic mass is 9.96. The molecule has 3 rings (SSSR count). The van der Waals surface area contributed by atoms with E-state index in [0.29, 0.717) is 29.7 Å². The van der Waals surface area contributed by atoms with Gasteiger partial charge in [0.2, 0.25) is 5.91 Å². The van der Waals surface area contributed by atoms with Gasteiger partial charge in [0.25, 0.3) is 12.2 Å². The molecule has 0 saturated carbocycles. The van der Waals surface area contributed by atoms with Gasteiger partial charge in [-0.1, -0.05) is 36.4 Å². The zero-order valence-electron chi connectivity index (χ0n) is 17.5. The van der Waals surface area contributed by atoms with Gasteiger partial charge < -0.3 is 24.8 Å². The van der Waals surface area contributed by atoms with Gasteiger partial charge in [0.1, 0.15) is 0 Å². The number of rotatable bonds is 5. The van der Waals surface area contributed by atoms with Crippen molar-refractivity contribution in [2.24, 2.45) is 0 Å². The minimum Gasteiger partial charge on any atom is -0.434 e. The summed E-state index contributed by atoms with van der Waals surface area (Å²) in [5, 5.41) is 12.5. The molecule has 2 heterocycles. The first-order valence-corrected chi connectivity index (χ1v) is 9.80. The van der Waals surface area contributed by atoms with E-state index >= 15 is 0 Å². The molecule has 3 atom stereocenters. The van der Waals surface area contributed by atoms with Crippen molar-refractivity contribution in [2.45, 2.75) is 45.8 Å². The van der Waals surface area contributed by atoms with E-state index in [9.17, 15) is 24.3 Å². The fraction of sp³-hybridized carbons (Fsp3) is 0.364. The second-order valence-electron chi connectivity index (χ2n) is 7.32. The Bertz CT molecular complexity index is 965. The van der Waals surface area contributed by atoms with Crippen molar-refractivity contribution in [3.63, 3.8) is 0 Å². The summed E-state index contributed by atoms with van der Waals surface area (Å²) in [6.07, 6.45) is 1.71. The van der Waals surface area contributed by atoms with Gasteiger partial charge in [-0.15, -0.1) is 0 Å². The third-order valence-corrected chi connectivity index (χ3v) is 5.05. The maximum atomic E-state index is 12.6. The standard InChI is InChI=1S/C22H24N2O7/c1-12-18(21(28)31-19(12)23-13(2)25)16-9-7-15(8-10-16)17-6-4-5-11-24(17)20(27)22(29)30-14(3)26/h4,6-10,17,19,22,29H,5,11H2,1-3H3,(H,23,25)/t17?,19-,22?/m1/s1. The quantitative estimate of drug-likeness (QED) is 0.410. The lowest BCUT2D eigenvalue weighted by Gasteiger charge is -2.33. The maximum Gasteiger partial charge on any atom is 0.341 e. The number of carbonyl (C=O) groups excluding carboxylic acids is 4. The minimum atomic E-state index is -1.86. The molecule has 0 bridgehead atoms. The first-order chi connectivity index (χ1) is 14.7. The highest BCUT2D eigenvalue weighted by Crippen LogP contribution is 2.32. The molecule has 0 fully saturated rings. The Morgan fingerprint density at radius 1 is 1.23 bits per heavy atom. The Balaban J connectivity index is 1.83. The molecule has 31 heavy (non-hydrogen) atoms. The Kier molecular flexibility index (Phi) is 6.55. The second kappa shape index (κ2) is 9.13. The Morgan fingerprint density at radius 2 is 1.90 bits per heavy atom. The summed E-state index contributed by atoms with van der Waals surface area (Å²) in [6, 6.07) is 6.55. The Labute approximate surface area is 179 Å². The van der Waals surface area contributed by atoms with Crippen LogP contribution in [0.4, 0.5) is 0 Å². The molecule has 0 aromatic heterocycles. The second-order valence-corrected chi connectivity index (χ2v) is 7.32. The third-order valence-electron chi connectivity index (χ3n) is 5.05. The van der Waals surface area contributed by atoms with Crippen LogP contribution in [0.1, 0.15) is 44.4 Å². The SMILES string of the molecule is CC(=O)N[C@@H]1OC(=O)C(c2ccc(C3C=CCCN3C(=O)C(O)OC(C)=O)cc2)=C1C. The summed E-state index contributed by atoms with van der Waals surface area (Å²) in [5.74, 6) is -2.29. The van der Waals surface area contributed by atoms with Crippen molar-refractivity contribution < 1.29 is 33.8 Å². The zero-order valence-corrected chi connectivity index (χ0v) is 17.5. The number of aliphatic hydroxyl groups excluding tert-OH is 1. The highest BCUT2D eigenvalue weighted by atomic mass is 16.6. The predicted octanol–water partition coefficient (Wildman–Crippen LogP) is 1.19. The molecule has 9 nitrogen and oxygen atoms in total. The van der Waals surface area contributed by atoms with Crippen LogP contribution in [0.15, 0.2) is 42.0 Å². The van der Waals surface area contributed by atoms with E-state index in [0.717, 1.165) is 12.5 Å². The smallest absolute Gasteiger partial charge is 0.341 e. The summed E-state index contributed by atoms with van der Waals surface area (Å²) in [4.78, 5) is 48.7. The van der Waals surface area contributed by atoms with Crippen LogP contribution in [0.5, 0.6) is 0 Å². The van der Waals surface area contributed by atoms with Crippen LogP contribution in [0, 0.1) is 0 Å². The number of carbonyl (C=O) groups is 4. The highest BCUT2D eigenvalue weighted by molar-refractivity contribution is 6.19. The van der Waals surface area contributed by atoms with Crippen LogP contribution in [0.2, 0.25) is 0 Å². The van der Waals surface area contributed by atoms with Gasteiger partial charge in [-0.2, -0.15) is 0 Å². The lowest BCUT2D eigenvalue weighted by Crippen LogP contribution is -2.44. The van der Waals surface area contributed by atoms with Crippen molar-refractivity contribution in [2.75, 3.05) is 6.54 Å². The van der Waals surface area contributed by atoms with Crippen molar-refractivity contribution in [3.05, 3.63) is 53.1 Å². The lowest BCUT2D eigenvalue weighted by molar-refractivity contribution is -0.182. The molecular formula is C22H24N2O7. The van der Waals surface area contributed by atoms with Crippen molar-refractivity contribution in [1.29, 1.82) is 0 Å². The summed E-state index contributed by atoms with van der Waals surface area (Å²) in [7, 11) is 0. The van der Waals surface area contributed by atoms with Gasteiger partial charge in [0, 0.05) is 26.0 Å². The van der Waals surface area contributed by atoms with Crippen molar-refractivity contribution in [3.8, 4) is 0 Å². The van der Waals surface area contributed by atoms with Crippen LogP contribution in [-0.2, 0) is 28.7 Å².